The zero-order valence-electron chi connectivity index (χ0n) is 18.4. The van der Waals surface area contributed by atoms with Crippen molar-refractivity contribution in [2.75, 3.05) is 7.05 Å². The molecule has 1 N–H and O–H groups in total. The molecule has 0 aliphatic heterocycles. The molecule has 164 valence electrons. The lowest BCUT2D eigenvalue weighted by atomic mass is 9.73. The van der Waals surface area contributed by atoms with E-state index < -0.39 is 0 Å². The number of aliphatic imine (C=N–C) groups is 1. The van der Waals surface area contributed by atoms with Crippen molar-refractivity contribution in [3.63, 3.8) is 0 Å². The number of aromatic nitrogens is 7. The average Bonchev–Trinajstić information content (AvgIpc) is 3.31. The fraction of sp³-hybridized carbons (Fsp3) is 0.409. The van der Waals surface area contributed by atoms with E-state index in [1.165, 1.54) is 0 Å². The van der Waals surface area contributed by atoms with Gasteiger partial charge in [0.05, 0.1) is 6.04 Å². The van der Waals surface area contributed by atoms with Gasteiger partial charge in [-0.3, -0.25) is 14.8 Å². The highest BCUT2D eigenvalue weighted by molar-refractivity contribution is 5.95. The van der Waals surface area contributed by atoms with E-state index in [-0.39, 0.29) is 23.4 Å². The second-order valence-electron chi connectivity index (χ2n) is 8.23. The Balaban J connectivity index is 1.62. The van der Waals surface area contributed by atoms with Crippen LogP contribution in [0.3, 0.4) is 0 Å². The molecule has 32 heavy (non-hydrogen) atoms. The lowest BCUT2D eigenvalue weighted by Gasteiger charge is -2.32. The molecule has 0 amide bonds. The van der Waals surface area contributed by atoms with Crippen LogP contribution in [-0.2, 0) is 0 Å². The van der Waals surface area contributed by atoms with Crippen molar-refractivity contribution in [2.45, 2.75) is 51.5 Å². The number of nitrogens with zero attached hydrogens (tertiary/aromatic N) is 7. The van der Waals surface area contributed by atoms with Gasteiger partial charge in [0.2, 0.25) is 11.8 Å². The summed E-state index contributed by atoms with van der Waals surface area (Å²) in [6.45, 7) is 5.73. The average molecular weight is 432 g/mol. The van der Waals surface area contributed by atoms with Gasteiger partial charge in [-0.25, -0.2) is 9.67 Å². The minimum atomic E-state index is -0.229. The Kier molecular flexibility index (Phi) is 4.91. The van der Waals surface area contributed by atoms with E-state index in [2.05, 4.69) is 30.3 Å². The van der Waals surface area contributed by atoms with Crippen molar-refractivity contribution in [2.24, 2.45) is 4.99 Å². The van der Waals surface area contributed by atoms with Gasteiger partial charge in [0, 0.05) is 43.9 Å². The van der Waals surface area contributed by atoms with Crippen LogP contribution in [0.2, 0.25) is 0 Å². The third kappa shape index (κ3) is 3.31. The van der Waals surface area contributed by atoms with Gasteiger partial charge in [0.15, 0.2) is 5.65 Å². The highest BCUT2D eigenvalue weighted by atomic mass is 16.4. The first-order chi connectivity index (χ1) is 15.5. The maximum atomic E-state index is 13.1. The molecule has 0 aromatic carbocycles. The molecule has 0 spiro atoms. The summed E-state index contributed by atoms with van der Waals surface area (Å²) in [7, 11) is 1.65. The number of hydrogen-bond donors (Lipinski definition) is 1. The van der Waals surface area contributed by atoms with Gasteiger partial charge in [-0.2, -0.15) is 5.10 Å². The van der Waals surface area contributed by atoms with E-state index in [0.717, 1.165) is 24.1 Å². The summed E-state index contributed by atoms with van der Waals surface area (Å²) in [6.07, 6.45) is 5.21. The maximum absolute atomic E-state index is 13.1. The predicted octanol–water partition coefficient (Wildman–Crippen LogP) is 2.83. The smallest absolute Gasteiger partial charge is 0.262 e. The van der Waals surface area contributed by atoms with E-state index in [4.69, 9.17) is 9.40 Å². The monoisotopic (exact) mass is 432 g/mol. The Hall–Kier alpha value is -3.69. The standard InChI is InChI=1S/C22H24N8O2/c1-11-5-6-14(9-24-11)12(2)30-20-18(17(29-30)10-23-4)21(31)26-19(25-20)15-7-8-16(15)22-28-27-13(3)32-22/h5-6,9-10,12,15-16H,7-8H2,1-4H3,(H,25,26,31)/b23-10+. The summed E-state index contributed by atoms with van der Waals surface area (Å²) in [5, 5.41) is 13.2. The van der Waals surface area contributed by atoms with Crippen LogP contribution in [0.15, 0.2) is 32.5 Å². The molecule has 4 heterocycles. The first kappa shape index (κ1) is 20.2. The number of hydrogen-bond acceptors (Lipinski definition) is 8. The second-order valence-corrected chi connectivity index (χ2v) is 8.23. The predicted molar refractivity (Wildman–Crippen MR) is 118 cm³/mol. The minimum Gasteiger partial charge on any atom is -0.425 e. The van der Waals surface area contributed by atoms with Crippen molar-refractivity contribution in [1.82, 2.24) is 34.9 Å². The number of nitrogens with one attached hydrogen (secondary N) is 1. The fourth-order valence-corrected chi connectivity index (χ4v) is 4.20. The molecule has 5 rings (SSSR count). The van der Waals surface area contributed by atoms with Gasteiger partial charge in [-0.15, -0.1) is 10.2 Å². The van der Waals surface area contributed by atoms with Gasteiger partial charge in [0.1, 0.15) is 16.9 Å². The van der Waals surface area contributed by atoms with Crippen molar-refractivity contribution in [1.29, 1.82) is 0 Å². The number of aromatic amines is 1. The molecule has 0 radical (unpaired) electrons. The molecule has 10 heteroatoms. The van der Waals surface area contributed by atoms with Crippen LogP contribution >= 0.6 is 0 Å². The molecular weight excluding hydrogens is 408 g/mol. The molecule has 0 saturated heterocycles. The third-order valence-corrected chi connectivity index (χ3v) is 6.13. The molecular formula is C22H24N8O2. The number of rotatable bonds is 5. The largest absolute Gasteiger partial charge is 0.425 e. The Morgan fingerprint density at radius 2 is 2.06 bits per heavy atom. The highest BCUT2D eigenvalue weighted by Crippen LogP contribution is 2.47. The second kappa shape index (κ2) is 7.77. The molecule has 1 aliphatic rings. The Bertz CT molecular complexity index is 1370. The number of aryl methyl sites for hydroxylation is 2. The van der Waals surface area contributed by atoms with E-state index in [1.54, 1.807) is 24.9 Å². The minimum absolute atomic E-state index is 0.00920. The zero-order chi connectivity index (χ0) is 22.4. The summed E-state index contributed by atoms with van der Waals surface area (Å²) < 4.78 is 7.42. The topological polar surface area (TPSA) is 128 Å². The van der Waals surface area contributed by atoms with Crippen LogP contribution in [0, 0.1) is 13.8 Å². The SMILES string of the molecule is C/N=C/c1nn(C(C)c2ccc(C)nc2)c2nc(C3CCC3c3nnc(C)o3)[nH]c(=O)c12. The lowest BCUT2D eigenvalue weighted by Crippen LogP contribution is -2.27. The zero-order valence-corrected chi connectivity index (χ0v) is 18.4. The highest BCUT2D eigenvalue weighted by Gasteiger charge is 2.39. The van der Waals surface area contributed by atoms with Gasteiger partial charge in [0.25, 0.3) is 5.56 Å². The van der Waals surface area contributed by atoms with E-state index >= 15 is 0 Å². The van der Waals surface area contributed by atoms with Gasteiger partial charge >= 0.3 is 0 Å². The van der Waals surface area contributed by atoms with Gasteiger partial charge in [-0.05, 0) is 38.3 Å². The molecule has 3 atom stereocenters. The molecule has 1 fully saturated rings. The lowest BCUT2D eigenvalue weighted by molar-refractivity contribution is 0.273. The first-order valence-electron chi connectivity index (χ1n) is 10.6. The number of pyridine rings is 1. The Morgan fingerprint density at radius 3 is 2.69 bits per heavy atom. The van der Waals surface area contributed by atoms with Crippen molar-refractivity contribution in [3.05, 3.63) is 63.2 Å². The summed E-state index contributed by atoms with van der Waals surface area (Å²) in [6, 6.07) is 3.81. The van der Waals surface area contributed by atoms with E-state index in [0.29, 0.717) is 34.3 Å². The summed E-state index contributed by atoms with van der Waals surface area (Å²) in [5.41, 5.74) is 2.71. The summed E-state index contributed by atoms with van der Waals surface area (Å²) in [5.74, 6) is 1.79. The normalized spacial score (nSPS) is 19.5. The molecule has 4 aromatic heterocycles. The van der Waals surface area contributed by atoms with Crippen molar-refractivity contribution >= 4 is 17.2 Å². The quantitative estimate of drug-likeness (QED) is 0.480. The molecule has 3 unspecified atom stereocenters. The van der Waals surface area contributed by atoms with Crippen molar-refractivity contribution < 1.29 is 4.42 Å². The van der Waals surface area contributed by atoms with Crippen LogP contribution in [-0.4, -0.2) is 48.2 Å². The summed E-state index contributed by atoms with van der Waals surface area (Å²) >= 11 is 0. The van der Waals surface area contributed by atoms with Gasteiger partial charge < -0.3 is 9.40 Å². The summed E-state index contributed by atoms with van der Waals surface area (Å²) in [4.78, 5) is 29.5. The molecule has 0 bridgehead atoms. The third-order valence-electron chi connectivity index (χ3n) is 6.13. The Labute approximate surface area is 183 Å². The first-order valence-corrected chi connectivity index (χ1v) is 10.6. The maximum Gasteiger partial charge on any atom is 0.262 e. The molecule has 1 aliphatic carbocycles. The van der Waals surface area contributed by atoms with Crippen LogP contribution in [0.4, 0.5) is 0 Å². The molecule has 4 aromatic rings. The van der Waals surface area contributed by atoms with Crippen LogP contribution in [0.25, 0.3) is 11.0 Å². The van der Waals surface area contributed by atoms with E-state index in [9.17, 15) is 4.79 Å². The van der Waals surface area contributed by atoms with E-state index in [1.807, 2.05) is 32.2 Å². The Morgan fingerprint density at radius 1 is 1.25 bits per heavy atom. The molecule has 10 nitrogen and oxygen atoms in total. The van der Waals surface area contributed by atoms with Crippen LogP contribution in [0.5, 0.6) is 0 Å². The number of H-pyrrole nitrogens is 1. The van der Waals surface area contributed by atoms with Crippen LogP contribution in [0.1, 0.15) is 72.2 Å². The van der Waals surface area contributed by atoms with Crippen LogP contribution < -0.4 is 5.56 Å². The van der Waals surface area contributed by atoms with Gasteiger partial charge in [-0.1, -0.05) is 6.07 Å². The fourth-order valence-electron chi connectivity index (χ4n) is 4.20. The van der Waals surface area contributed by atoms with Crippen molar-refractivity contribution in [3.8, 4) is 0 Å². The number of fused-ring (bicyclic) bond motifs is 1. The molecule has 1 saturated carbocycles.